The van der Waals surface area contributed by atoms with Crippen LogP contribution >= 0.6 is 0 Å². The van der Waals surface area contributed by atoms with Crippen molar-refractivity contribution in [3.05, 3.63) is 11.8 Å². The first-order valence-electron chi connectivity index (χ1n) is 4.55. The van der Waals surface area contributed by atoms with Crippen LogP contribution < -0.4 is 5.73 Å². The van der Waals surface area contributed by atoms with Crippen molar-refractivity contribution >= 4 is 5.82 Å². The van der Waals surface area contributed by atoms with Crippen molar-refractivity contribution in [3.8, 4) is 0 Å². The van der Waals surface area contributed by atoms with Gasteiger partial charge in [0.25, 0.3) is 0 Å². The molecule has 0 atom stereocenters. The van der Waals surface area contributed by atoms with Gasteiger partial charge in [0.2, 0.25) is 0 Å². The van der Waals surface area contributed by atoms with Crippen molar-refractivity contribution in [2.45, 2.75) is 32.7 Å². The molecule has 0 spiro atoms. The van der Waals surface area contributed by atoms with Gasteiger partial charge in [-0.25, -0.2) is 0 Å². The Morgan fingerprint density at radius 2 is 2.42 bits per heavy atom. The van der Waals surface area contributed by atoms with Gasteiger partial charge in [-0.1, -0.05) is 6.42 Å². The number of aryl methyl sites for hydroxylation is 1. The maximum Gasteiger partial charge on any atom is 0.145 e. The van der Waals surface area contributed by atoms with Gasteiger partial charge in [0.15, 0.2) is 0 Å². The molecule has 0 radical (unpaired) electrons. The van der Waals surface area contributed by atoms with Crippen LogP contribution in [-0.2, 0) is 6.54 Å². The van der Waals surface area contributed by atoms with Crippen molar-refractivity contribution in [2.75, 3.05) is 5.73 Å². The molecule has 2 N–H and O–H groups in total. The molecule has 0 unspecified atom stereocenters. The predicted molar refractivity (Wildman–Crippen MR) is 48.7 cm³/mol. The van der Waals surface area contributed by atoms with E-state index in [0.29, 0.717) is 5.82 Å². The van der Waals surface area contributed by atoms with Crippen LogP contribution in [0.4, 0.5) is 5.82 Å². The number of anilines is 1. The molecule has 0 aromatic carbocycles. The van der Waals surface area contributed by atoms with E-state index >= 15 is 0 Å². The Hall–Kier alpha value is -0.990. The van der Waals surface area contributed by atoms with Gasteiger partial charge in [0, 0.05) is 18.3 Å². The molecule has 0 bridgehead atoms. The maximum absolute atomic E-state index is 5.58. The standard InChI is InChI=1S/C9H15N3/c1-7-5-9(10)11-12(7)6-8-3-2-4-8/h5,8H,2-4,6H2,1H3,(H2,10,11). The molecule has 2 rings (SSSR count). The van der Waals surface area contributed by atoms with Crippen LogP contribution in [0.5, 0.6) is 0 Å². The maximum atomic E-state index is 5.58. The second-order valence-corrected chi connectivity index (χ2v) is 3.69. The van der Waals surface area contributed by atoms with Gasteiger partial charge < -0.3 is 5.73 Å². The third-order valence-electron chi connectivity index (χ3n) is 2.66. The second-order valence-electron chi connectivity index (χ2n) is 3.69. The van der Waals surface area contributed by atoms with Gasteiger partial charge in [0.1, 0.15) is 5.82 Å². The summed E-state index contributed by atoms with van der Waals surface area (Å²) in [7, 11) is 0. The van der Waals surface area contributed by atoms with Gasteiger partial charge in [0.05, 0.1) is 0 Å². The average molecular weight is 165 g/mol. The van der Waals surface area contributed by atoms with E-state index < -0.39 is 0 Å². The van der Waals surface area contributed by atoms with E-state index in [1.165, 1.54) is 25.0 Å². The van der Waals surface area contributed by atoms with E-state index in [2.05, 4.69) is 12.0 Å². The Labute approximate surface area is 72.6 Å². The van der Waals surface area contributed by atoms with Gasteiger partial charge in [-0.15, -0.1) is 0 Å². The van der Waals surface area contributed by atoms with Crippen molar-refractivity contribution in [1.82, 2.24) is 9.78 Å². The summed E-state index contributed by atoms with van der Waals surface area (Å²) in [6.45, 7) is 3.12. The fourth-order valence-electron chi connectivity index (χ4n) is 1.64. The Balaban J connectivity index is 2.05. The molecule has 1 saturated carbocycles. The smallest absolute Gasteiger partial charge is 0.145 e. The molecule has 1 aliphatic rings. The van der Waals surface area contributed by atoms with Gasteiger partial charge in [-0.2, -0.15) is 5.10 Å². The first-order valence-corrected chi connectivity index (χ1v) is 4.55. The summed E-state index contributed by atoms with van der Waals surface area (Å²) in [4.78, 5) is 0. The van der Waals surface area contributed by atoms with E-state index in [9.17, 15) is 0 Å². The van der Waals surface area contributed by atoms with Crippen LogP contribution in [0.15, 0.2) is 6.07 Å². The molecular weight excluding hydrogens is 150 g/mol. The number of aromatic nitrogens is 2. The Kier molecular flexibility index (Phi) is 1.79. The molecular formula is C9H15N3. The minimum Gasteiger partial charge on any atom is -0.382 e. The van der Waals surface area contributed by atoms with Gasteiger partial charge in [-0.3, -0.25) is 4.68 Å². The third-order valence-corrected chi connectivity index (χ3v) is 2.66. The van der Waals surface area contributed by atoms with E-state index in [-0.39, 0.29) is 0 Å². The van der Waals surface area contributed by atoms with Crippen LogP contribution in [-0.4, -0.2) is 9.78 Å². The Morgan fingerprint density at radius 1 is 1.67 bits per heavy atom. The molecule has 1 fully saturated rings. The minimum absolute atomic E-state index is 0.645. The first kappa shape index (κ1) is 7.65. The lowest BCUT2D eigenvalue weighted by Gasteiger charge is -2.25. The molecule has 1 aromatic heterocycles. The van der Waals surface area contributed by atoms with Crippen molar-refractivity contribution in [2.24, 2.45) is 5.92 Å². The minimum atomic E-state index is 0.645. The van der Waals surface area contributed by atoms with Crippen LogP contribution in [0.1, 0.15) is 25.0 Å². The molecule has 66 valence electrons. The molecule has 0 aliphatic heterocycles. The van der Waals surface area contributed by atoms with Crippen LogP contribution in [0.2, 0.25) is 0 Å². The number of rotatable bonds is 2. The summed E-state index contributed by atoms with van der Waals surface area (Å²) in [5, 5.41) is 4.23. The highest BCUT2D eigenvalue weighted by Gasteiger charge is 2.18. The largest absolute Gasteiger partial charge is 0.382 e. The lowest BCUT2D eigenvalue weighted by molar-refractivity contribution is 0.265. The quantitative estimate of drug-likeness (QED) is 0.723. The highest BCUT2D eigenvalue weighted by Crippen LogP contribution is 2.28. The average Bonchev–Trinajstić information content (AvgIpc) is 2.21. The monoisotopic (exact) mass is 165 g/mol. The van der Waals surface area contributed by atoms with E-state index in [1.54, 1.807) is 0 Å². The first-order chi connectivity index (χ1) is 5.75. The van der Waals surface area contributed by atoms with E-state index in [4.69, 9.17) is 5.73 Å². The summed E-state index contributed by atoms with van der Waals surface area (Å²) in [5.74, 6) is 1.50. The zero-order chi connectivity index (χ0) is 8.55. The SMILES string of the molecule is Cc1cc(N)nn1CC1CCC1. The van der Waals surface area contributed by atoms with Crippen LogP contribution in [0.3, 0.4) is 0 Å². The van der Waals surface area contributed by atoms with Crippen molar-refractivity contribution < 1.29 is 0 Å². The third kappa shape index (κ3) is 1.31. The zero-order valence-corrected chi connectivity index (χ0v) is 7.45. The fraction of sp³-hybridized carbons (Fsp3) is 0.667. The number of nitrogens with zero attached hydrogens (tertiary/aromatic N) is 2. The van der Waals surface area contributed by atoms with E-state index in [1.807, 2.05) is 10.7 Å². The van der Waals surface area contributed by atoms with E-state index in [0.717, 1.165) is 12.5 Å². The Bertz CT molecular complexity index is 273. The van der Waals surface area contributed by atoms with Crippen LogP contribution in [0, 0.1) is 12.8 Å². The lowest BCUT2D eigenvalue weighted by atomic mass is 9.85. The molecule has 1 aliphatic carbocycles. The van der Waals surface area contributed by atoms with Gasteiger partial charge in [-0.05, 0) is 25.7 Å². The second kappa shape index (κ2) is 2.81. The number of nitrogen functional groups attached to an aromatic ring is 1. The number of nitrogens with two attached hydrogens (primary N) is 1. The summed E-state index contributed by atoms with van der Waals surface area (Å²) in [6.07, 6.45) is 4.11. The summed E-state index contributed by atoms with van der Waals surface area (Å²) in [6, 6.07) is 1.93. The number of hydrogen-bond acceptors (Lipinski definition) is 2. The van der Waals surface area contributed by atoms with Gasteiger partial charge >= 0.3 is 0 Å². The molecule has 0 amide bonds. The summed E-state index contributed by atoms with van der Waals surface area (Å²) in [5.41, 5.74) is 6.76. The molecule has 0 saturated heterocycles. The molecule has 3 nitrogen and oxygen atoms in total. The molecule has 3 heteroatoms. The van der Waals surface area contributed by atoms with Crippen molar-refractivity contribution in [3.63, 3.8) is 0 Å². The fourth-order valence-corrected chi connectivity index (χ4v) is 1.64. The molecule has 12 heavy (non-hydrogen) atoms. The topological polar surface area (TPSA) is 43.8 Å². The highest BCUT2D eigenvalue weighted by atomic mass is 15.3. The highest BCUT2D eigenvalue weighted by molar-refractivity contribution is 5.28. The van der Waals surface area contributed by atoms with Crippen LogP contribution in [0.25, 0.3) is 0 Å². The summed E-state index contributed by atoms with van der Waals surface area (Å²) < 4.78 is 2.03. The molecule has 1 aromatic rings. The number of hydrogen-bond donors (Lipinski definition) is 1. The Morgan fingerprint density at radius 3 is 2.83 bits per heavy atom. The lowest BCUT2D eigenvalue weighted by Crippen LogP contribution is -2.19. The molecule has 1 heterocycles. The summed E-state index contributed by atoms with van der Waals surface area (Å²) >= 11 is 0. The normalized spacial score (nSPS) is 17.8. The predicted octanol–water partition coefficient (Wildman–Crippen LogP) is 1.57. The van der Waals surface area contributed by atoms with Crippen molar-refractivity contribution in [1.29, 1.82) is 0 Å². The zero-order valence-electron chi connectivity index (χ0n) is 7.45.